The molecule has 154 valence electrons. The van der Waals surface area contributed by atoms with Gasteiger partial charge < -0.3 is 9.64 Å². The predicted octanol–water partition coefficient (Wildman–Crippen LogP) is 3.03. The molecule has 5 nitrogen and oxygen atoms in total. The maximum Gasteiger partial charge on any atom is 0.233 e. The molecule has 0 aliphatic carbocycles. The number of likely N-dealkylation sites (N-methyl/N-ethyl adjacent to an activating group) is 1. The number of quaternary nitrogens is 1. The summed E-state index contributed by atoms with van der Waals surface area (Å²) < 4.78 is 6.76. The van der Waals surface area contributed by atoms with Crippen LogP contribution in [0.2, 0.25) is 0 Å². The largest absolute Gasteiger partial charge is 0.492 e. The summed E-state index contributed by atoms with van der Waals surface area (Å²) in [7, 11) is 4.19. The Morgan fingerprint density at radius 3 is 2.69 bits per heavy atom. The maximum atomic E-state index is 13.3. The number of carbonyl (C=O) groups excluding carboxylic acids is 1. The lowest BCUT2D eigenvalue weighted by Gasteiger charge is -2.21. The molecule has 1 aromatic heterocycles. The number of hydrogen-bond donors (Lipinski definition) is 1. The Kier molecular flexibility index (Phi) is 6.87. The van der Waals surface area contributed by atoms with Gasteiger partial charge in [-0.25, -0.2) is 4.98 Å². The van der Waals surface area contributed by atoms with Crippen LogP contribution < -0.4 is 14.5 Å². The van der Waals surface area contributed by atoms with Crippen LogP contribution in [0.25, 0.3) is 10.2 Å². The highest BCUT2D eigenvalue weighted by molar-refractivity contribution is 7.22. The summed E-state index contributed by atoms with van der Waals surface area (Å²) in [5, 5.41) is 0.739. The SMILES string of the molecule is CCOc1cccc2sc(N(CC[NH+](C)C)C(=O)Cc3ccc(C)cc3C)nc12. The second-order valence-corrected chi connectivity index (χ2v) is 8.65. The van der Waals surface area contributed by atoms with E-state index in [1.54, 1.807) is 11.3 Å². The third-order valence-electron chi connectivity index (χ3n) is 4.88. The summed E-state index contributed by atoms with van der Waals surface area (Å²) >= 11 is 1.55. The molecule has 0 spiro atoms. The molecule has 0 unspecified atom stereocenters. The van der Waals surface area contributed by atoms with E-state index in [-0.39, 0.29) is 5.91 Å². The predicted molar refractivity (Wildman–Crippen MR) is 120 cm³/mol. The van der Waals surface area contributed by atoms with Gasteiger partial charge in [0.25, 0.3) is 0 Å². The number of fused-ring (bicyclic) bond motifs is 1. The van der Waals surface area contributed by atoms with E-state index in [2.05, 4.69) is 46.1 Å². The van der Waals surface area contributed by atoms with Crippen LogP contribution in [0.15, 0.2) is 36.4 Å². The molecule has 29 heavy (non-hydrogen) atoms. The first-order valence-electron chi connectivity index (χ1n) is 10.1. The van der Waals surface area contributed by atoms with Gasteiger partial charge in [0.05, 0.1) is 44.9 Å². The van der Waals surface area contributed by atoms with E-state index in [9.17, 15) is 4.79 Å². The smallest absolute Gasteiger partial charge is 0.233 e. The molecule has 0 aliphatic rings. The molecule has 0 saturated heterocycles. The van der Waals surface area contributed by atoms with Gasteiger partial charge in [0, 0.05) is 0 Å². The topological polar surface area (TPSA) is 46.9 Å². The van der Waals surface area contributed by atoms with Crippen molar-refractivity contribution in [1.82, 2.24) is 4.98 Å². The standard InChI is InChI=1S/C23H29N3O2S/c1-6-28-19-8-7-9-20-22(19)24-23(29-20)26(13-12-25(4)5)21(27)15-18-11-10-16(2)14-17(18)3/h7-11,14H,6,12-13,15H2,1-5H3/p+1. The van der Waals surface area contributed by atoms with Crippen molar-refractivity contribution < 1.29 is 14.4 Å². The zero-order chi connectivity index (χ0) is 21.0. The number of nitrogens with zero attached hydrogens (tertiary/aromatic N) is 2. The minimum absolute atomic E-state index is 0.0789. The van der Waals surface area contributed by atoms with Crippen molar-refractivity contribution in [2.24, 2.45) is 0 Å². The van der Waals surface area contributed by atoms with Crippen LogP contribution in [-0.4, -0.2) is 44.7 Å². The molecule has 2 aromatic carbocycles. The minimum Gasteiger partial charge on any atom is -0.492 e. The van der Waals surface area contributed by atoms with Gasteiger partial charge in [-0.05, 0) is 44.0 Å². The Labute approximate surface area is 176 Å². The fraction of sp³-hybridized carbons (Fsp3) is 0.391. The molecule has 3 rings (SSSR count). The van der Waals surface area contributed by atoms with Crippen LogP contribution >= 0.6 is 11.3 Å². The highest BCUT2D eigenvalue weighted by Crippen LogP contribution is 2.34. The Morgan fingerprint density at radius 2 is 2.00 bits per heavy atom. The zero-order valence-corrected chi connectivity index (χ0v) is 18.7. The van der Waals surface area contributed by atoms with E-state index >= 15 is 0 Å². The van der Waals surface area contributed by atoms with Crippen molar-refractivity contribution in [3.05, 3.63) is 53.1 Å². The van der Waals surface area contributed by atoms with Crippen LogP contribution in [0.5, 0.6) is 5.75 Å². The lowest BCUT2D eigenvalue weighted by Crippen LogP contribution is -3.06. The Bertz CT molecular complexity index is 997. The summed E-state index contributed by atoms with van der Waals surface area (Å²) in [6.45, 7) is 8.18. The normalized spacial score (nSPS) is 11.2. The first-order valence-corrected chi connectivity index (χ1v) is 10.9. The molecule has 0 saturated carbocycles. The van der Waals surface area contributed by atoms with Gasteiger partial charge in [0.1, 0.15) is 11.3 Å². The highest BCUT2D eigenvalue weighted by atomic mass is 32.1. The molecule has 0 bridgehead atoms. The first kappa shape index (κ1) is 21.3. The summed E-state index contributed by atoms with van der Waals surface area (Å²) in [6.07, 6.45) is 0.378. The van der Waals surface area contributed by atoms with Gasteiger partial charge in [0.15, 0.2) is 5.13 Å². The monoisotopic (exact) mass is 412 g/mol. The van der Waals surface area contributed by atoms with Crippen molar-refractivity contribution in [2.75, 3.05) is 38.7 Å². The Morgan fingerprint density at radius 1 is 1.21 bits per heavy atom. The molecule has 1 amide bonds. The van der Waals surface area contributed by atoms with E-state index < -0.39 is 0 Å². The second-order valence-electron chi connectivity index (χ2n) is 7.64. The van der Waals surface area contributed by atoms with Crippen molar-refractivity contribution in [3.8, 4) is 5.75 Å². The fourth-order valence-electron chi connectivity index (χ4n) is 3.26. The molecule has 0 fully saturated rings. The van der Waals surface area contributed by atoms with Crippen molar-refractivity contribution >= 4 is 32.6 Å². The van der Waals surface area contributed by atoms with Gasteiger partial charge in [-0.15, -0.1) is 0 Å². The van der Waals surface area contributed by atoms with E-state index in [0.29, 0.717) is 19.6 Å². The minimum atomic E-state index is 0.0789. The average Bonchev–Trinajstić information content (AvgIpc) is 3.09. The number of thiazole rings is 1. The number of nitrogens with one attached hydrogen (secondary N) is 1. The molecular weight excluding hydrogens is 382 g/mol. The van der Waals surface area contributed by atoms with E-state index in [4.69, 9.17) is 9.72 Å². The number of hydrogen-bond acceptors (Lipinski definition) is 4. The third-order valence-corrected chi connectivity index (χ3v) is 5.92. The number of aromatic nitrogens is 1. The number of ether oxygens (including phenoxy) is 1. The molecule has 1 N–H and O–H groups in total. The molecule has 3 aromatic rings. The average molecular weight is 413 g/mol. The molecular formula is C23H30N3O2S+. The zero-order valence-electron chi connectivity index (χ0n) is 17.9. The number of aryl methyl sites for hydroxylation is 2. The molecule has 0 aliphatic heterocycles. The lowest BCUT2D eigenvalue weighted by atomic mass is 10.0. The van der Waals surface area contributed by atoms with Gasteiger partial charge in [-0.2, -0.15) is 0 Å². The highest BCUT2D eigenvalue weighted by Gasteiger charge is 2.22. The summed E-state index contributed by atoms with van der Waals surface area (Å²) in [5.41, 5.74) is 4.26. The maximum absolute atomic E-state index is 13.3. The van der Waals surface area contributed by atoms with Crippen LogP contribution in [0.1, 0.15) is 23.6 Å². The van der Waals surface area contributed by atoms with Crippen molar-refractivity contribution in [3.63, 3.8) is 0 Å². The van der Waals surface area contributed by atoms with Crippen molar-refractivity contribution in [1.29, 1.82) is 0 Å². The third kappa shape index (κ3) is 5.14. The number of benzene rings is 2. The Balaban J connectivity index is 1.93. The van der Waals surface area contributed by atoms with Gasteiger partial charge in [-0.3, -0.25) is 9.69 Å². The van der Waals surface area contributed by atoms with Gasteiger partial charge >= 0.3 is 0 Å². The summed E-state index contributed by atoms with van der Waals surface area (Å²) in [4.78, 5) is 21.2. The first-order chi connectivity index (χ1) is 13.9. The number of anilines is 1. The van der Waals surface area contributed by atoms with E-state index in [1.165, 1.54) is 10.5 Å². The van der Waals surface area contributed by atoms with Crippen LogP contribution in [0.4, 0.5) is 5.13 Å². The Hall–Kier alpha value is -2.44. The quantitative estimate of drug-likeness (QED) is 0.619. The van der Waals surface area contributed by atoms with Crippen molar-refractivity contribution in [2.45, 2.75) is 27.2 Å². The van der Waals surface area contributed by atoms with E-state index in [0.717, 1.165) is 38.8 Å². The molecule has 1 heterocycles. The van der Waals surface area contributed by atoms with Crippen LogP contribution in [0.3, 0.4) is 0 Å². The number of amides is 1. The number of rotatable bonds is 8. The van der Waals surface area contributed by atoms with E-state index in [1.807, 2.05) is 30.0 Å². The van der Waals surface area contributed by atoms with Crippen LogP contribution in [0, 0.1) is 13.8 Å². The molecule has 0 radical (unpaired) electrons. The second kappa shape index (κ2) is 9.37. The molecule has 0 atom stereocenters. The fourth-order valence-corrected chi connectivity index (χ4v) is 4.29. The summed E-state index contributed by atoms with van der Waals surface area (Å²) in [5.74, 6) is 0.850. The number of carbonyl (C=O) groups is 1. The van der Waals surface area contributed by atoms with Crippen LogP contribution in [-0.2, 0) is 11.2 Å². The van der Waals surface area contributed by atoms with Gasteiger partial charge in [-0.1, -0.05) is 41.2 Å². The molecule has 6 heteroatoms. The summed E-state index contributed by atoms with van der Waals surface area (Å²) in [6, 6.07) is 12.2. The lowest BCUT2D eigenvalue weighted by molar-refractivity contribution is -0.856. The number of para-hydroxylation sites is 1. The van der Waals surface area contributed by atoms with Gasteiger partial charge in [0.2, 0.25) is 5.91 Å².